The number of nitrogens with one attached hydrogen (secondary N) is 1. The highest BCUT2D eigenvalue weighted by Gasteiger charge is 2.21. The van der Waals surface area contributed by atoms with E-state index < -0.39 is 6.04 Å². The fraction of sp³-hybridized carbons (Fsp3) is 0.176. The first-order valence-electron chi connectivity index (χ1n) is 7.86. The summed E-state index contributed by atoms with van der Waals surface area (Å²) in [5, 5.41) is 14.7. The maximum absolute atomic E-state index is 12.6. The highest BCUT2D eigenvalue weighted by atomic mass is 79.9. The number of aromatic nitrogens is 4. The maximum Gasteiger partial charge on any atom is 0.252 e. The molecular formula is C17H14BrN5O3. The lowest BCUT2D eigenvalue weighted by Gasteiger charge is -2.14. The molecule has 3 aromatic rings. The van der Waals surface area contributed by atoms with Crippen LogP contribution in [0.5, 0.6) is 11.5 Å². The highest BCUT2D eigenvalue weighted by molar-refractivity contribution is 9.10. The first kappa shape index (κ1) is 16.5. The van der Waals surface area contributed by atoms with Crippen molar-refractivity contribution in [1.29, 1.82) is 0 Å². The van der Waals surface area contributed by atoms with Crippen LogP contribution in [0.4, 0.5) is 0 Å². The summed E-state index contributed by atoms with van der Waals surface area (Å²) < 4.78 is 13.1. The first-order chi connectivity index (χ1) is 12.6. The van der Waals surface area contributed by atoms with Gasteiger partial charge in [-0.05, 0) is 59.8 Å². The van der Waals surface area contributed by atoms with Crippen molar-refractivity contribution < 1.29 is 14.3 Å². The van der Waals surface area contributed by atoms with Crippen LogP contribution in [-0.4, -0.2) is 32.9 Å². The fourth-order valence-corrected chi connectivity index (χ4v) is 2.88. The van der Waals surface area contributed by atoms with Gasteiger partial charge in [-0.25, -0.2) is 0 Å². The number of fused-ring (bicyclic) bond motifs is 1. The van der Waals surface area contributed by atoms with Crippen molar-refractivity contribution in [1.82, 2.24) is 25.5 Å². The molecule has 0 fully saturated rings. The van der Waals surface area contributed by atoms with E-state index >= 15 is 0 Å². The van der Waals surface area contributed by atoms with Crippen LogP contribution < -0.4 is 14.8 Å². The molecule has 8 nitrogen and oxygen atoms in total. The molecule has 0 spiro atoms. The van der Waals surface area contributed by atoms with Crippen molar-refractivity contribution in [3.63, 3.8) is 0 Å². The summed E-state index contributed by atoms with van der Waals surface area (Å²) >= 11 is 3.40. The first-order valence-corrected chi connectivity index (χ1v) is 8.66. The Morgan fingerprint density at radius 1 is 1.19 bits per heavy atom. The van der Waals surface area contributed by atoms with Crippen molar-refractivity contribution in [2.75, 3.05) is 6.79 Å². The number of carbonyl (C=O) groups is 1. The molecule has 0 radical (unpaired) electrons. The van der Waals surface area contributed by atoms with Gasteiger partial charge in [-0.3, -0.25) is 4.79 Å². The molecule has 1 amide bonds. The molecule has 26 heavy (non-hydrogen) atoms. The number of nitrogens with zero attached hydrogens (tertiary/aromatic N) is 4. The van der Waals surface area contributed by atoms with Gasteiger partial charge < -0.3 is 14.8 Å². The molecule has 9 heteroatoms. The largest absolute Gasteiger partial charge is 0.454 e. The minimum absolute atomic E-state index is 0.165. The average Bonchev–Trinajstić information content (AvgIpc) is 3.31. The quantitative estimate of drug-likeness (QED) is 0.703. The van der Waals surface area contributed by atoms with Crippen molar-refractivity contribution >= 4 is 21.8 Å². The minimum Gasteiger partial charge on any atom is -0.454 e. The van der Waals surface area contributed by atoms with E-state index in [1.165, 1.54) is 0 Å². The molecule has 0 saturated carbocycles. The molecule has 1 aliphatic heterocycles. The molecular weight excluding hydrogens is 402 g/mol. The van der Waals surface area contributed by atoms with Crippen molar-refractivity contribution in [3.05, 3.63) is 58.3 Å². The SMILES string of the molecule is CC(NC(=O)c1ccc2c(c1)OCO2)c1nnnn1-c1ccc(Br)cc1. The number of hydrogen-bond acceptors (Lipinski definition) is 6. The van der Waals surface area contributed by atoms with Crippen LogP contribution in [-0.2, 0) is 0 Å². The third-order valence-electron chi connectivity index (χ3n) is 3.93. The second-order valence-corrected chi connectivity index (χ2v) is 6.60. The van der Waals surface area contributed by atoms with Gasteiger partial charge in [-0.15, -0.1) is 5.10 Å². The second-order valence-electron chi connectivity index (χ2n) is 5.69. The van der Waals surface area contributed by atoms with Crippen molar-refractivity contribution in [2.45, 2.75) is 13.0 Å². The number of ether oxygens (including phenoxy) is 2. The Hall–Kier alpha value is -2.94. The molecule has 0 bridgehead atoms. The third-order valence-corrected chi connectivity index (χ3v) is 4.46. The molecule has 2 heterocycles. The Balaban J connectivity index is 1.53. The van der Waals surface area contributed by atoms with Gasteiger partial charge in [-0.1, -0.05) is 15.9 Å². The Bertz CT molecular complexity index is 957. The van der Waals surface area contributed by atoms with Gasteiger partial charge in [0.1, 0.15) is 0 Å². The fourth-order valence-electron chi connectivity index (χ4n) is 2.61. The van der Waals surface area contributed by atoms with Gasteiger partial charge in [0.2, 0.25) is 6.79 Å². The van der Waals surface area contributed by atoms with Gasteiger partial charge in [0.05, 0.1) is 11.7 Å². The number of tetrazole rings is 1. The van der Waals surface area contributed by atoms with Crippen LogP contribution in [0.25, 0.3) is 5.69 Å². The van der Waals surface area contributed by atoms with E-state index in [1.54, 1.807) is 22.9 Å². The number of carbonyl (C=O) groups excluding carboxylic acids is 1. The molecule has 1 unspecified atom stereocenters. The van der Waals surface area contributed by atoms with E-state index in [9.17, 15) is 4.79 Å². The molecule has 0 saturated heterocycles. The molecule has 1 aromatic heterocycles. The predicted octanol–water partition coefficient (Wildman–Crippen LogP) is 2.64. The summed E-state index contributed by atoms with van der Waals surface area (Å²) in [6.07, 6.45) is 0. The Morgan fingerprint density at radius 2 is 1.96 bits per heavy atom. The lowest BCUT2D eigenvalue weighted by atomic mass is 10.1. The Morgan fingerprint density at radius 3 is 2.77 bits per heavy atom. The van der Waals surface area contributed by atoms with Crippen LogP contribution in [0.1, 0.15) is 29.1 Å². The lowest BCUT2D eigenvalue weighted by Crippen LogP contribution is -2.28. The number of hydrogen-bond donors (Lipinski definition) is 1. The normalized spacial score (nSPS) is 13.5. The summed E-state index contributed by atoms with van der Waals surface area (Å²) in [6, 6.07) is 12.2. The summed E-state index contributed by atoms with van der Waals surface area (Å²) in [4.78, 5) is 12.6. The van der Waals surface area contributed by atoms with Gasteiger partial charge in [-0.2, -0.15) is 4.68 Å². The van der Waals surface area contributed by atoms with Crippen LogP contribution in [0.2, 0.25) is 0 Å². The standard InChI is InChI=1S/C17H14BrN5O3/c1-10(16-20-21-22-23(16)13-5-3-12(18)4-6-13)19-17(24)11-2-7-14-15(8-11)26-9-25-14/h2-8,10H,9H2,1H3,(H,19,24). The maximum atomic E-state index is 12.6. The predicted molar refractivity (Wildman–Crippen MR) is 95.3 cm³/mol. The average molecular weight is 416 g/mol. The second kappa shape index (κ2) is 6.75. The van der Waals surface area contributed by atoms with Crippen LogP contribution in [0.15, 0.2) is 46.9 Å². The Kier molecular flexibility index (Phi) is 4.29. The number of halogens is 1. The van der Waals surface area contributed by atoms with Crippen LogP contribution in [0, 0.1) is 0 Å². The third kappa shape index (κ3) is 3.13. The minimum atomic E-state index is -0.397. The van der Waals surface area contributed by atoms with E-state index in [1.807, 2.05) is 31.2 Å². The smallest absolute Gasteiger partial charge is 0.252 e. The summed E-state index contributed by atoms with van der Waals surface area (Å²) in [5.74, 6) is 1.47. The Labute approximate surface area is 157 Å². The number of benzene rings is 2. The lowest BCUT2D eigenvalue weighted by molar-refractivity contribution is 0.0937. The van der Waals surface area contributed by atoms with E-state index in [4.69, 9.17) is 9.47 Å². The highest BCUT2D eigenvalue weighted by Crippen LogP contribution is 2.32. The molecule has 132 valence electrons. The van der Waals surface area contributed by atoms with Gasteiger partial charge in [0, 0.05) is 10.0 Å². The van der Waals surface area contributed by atoms with Gasteiger partial charge >= 0.3 is 0 Å². The van der Waals surface area contributed by atoms with Crippen LogP contribution in [0.3, 0.4) is 0 Å². The van der Waals surface area contributed by atoms with E-state index in [-0.39, 0.29) is 12.7 Å². The summed E-state index contributed by atoms with van der Waals surface area (Å²) in [5.41, 5.74) is 1.28. The number of amides is 1. The monoisotopic (exact) mass is 415 g/mol. The van der Waals surface area contributed by atoms with Gasteiger partial charge in [0.15, 0.2) is 17.3 Å². The summed E-state index contributed by atoms with van der Waals surface area (Å²) in [7, 11) is 0. The molecule has 4 rings (SSSR count). The zero-order valence-corrected chi connectivity index (χ0v) is 15.3. The van der Waals surface area contributed by atoms with Crippen molar-refractivity contribution in [2.24, 2.45) is 0 Å². The van der Waals surface area contributed by atoms with Crippen molar-refractivity contribution in [3.8, 4) is 17.2 Å². The van der Waals surface area contributed by atoms with E-state index in [0.29, 0.717) is 22.9 Å². The zero-order chi connectivity index (χ0) is 18.1. The molecule has 1 N–H and O–H groups in total. The number of rotatable bonds is 4. The van der Waals surface area contributed by atoms with E-state index in [2.05, 4.69) is 36.8 Å². The molecule has 1 atom stereocenters. The zero-order valence-electron chi connectivity index (χ0n) is 13.7. The molecule has 2 aromatic carbocycles. The molecule has 1 aliphatic rings. The van der Waals surface area contributed by atoms with Crippen LogP contribution >= 0.6 is 15.9 Å². The topological polar surface area (TPSA) is 91.2 Å². The summed E-state index contributed by atoms with van der Waals surface area (Å²) in [6.45, 7) is 1.99. The van der Waals surface area contributed by atoms with Gasteiger partial charge in [0.25, 0.3) is 5.91 Å². The van der Waals surface area contributed by atoms with E-state index in [0.717, 1.165) is 10.2 Å². The molecule has 0 aliphatic carbocycles.